The highest BCUT2D eigenvalue weighted by Gasteiger charge is 2.18. The molecule has 1 aliphatic rings. The molecule has 0 amide bonds. The Bertz CT molecular complexity index is 510. The van der Waals surface area contributed by atoms with Crippen LogP contribution < -0.4 is 5.32 Å². The second-order valence-corrected chi connectivity index (χ2v) is 4.95. The fourth-order valence-corrected chi connectivity index (χ4v) is 2.73. The fraction of sp³-hybridized carbons (Fsp3) is 0.400. The molecule has 2 heterocycles. The lowest BCUT2D eigenvalue weighted by atomic mass is 10.1. The van der Waals surface area contributed by atoms with E-state index in [0.717, 1.165) is 13.1 Å². The van der Waals surface area contributed by atoms with Gasteiger partial charge in [0.25, 0.3) is 0 Å². The van der Waals surface area contributed by atoms with E-state index in [9.17, 15) is 0 Å². The Balaban J connectivity index is 1.92. The first-order valence-corrected chi connectivity index (χ1v) is 6.66. The summed E-state index contributed by atoms with van der Waals surface area (Å²) < 4.78 is 2.19. The topological polar surface area (TPSA) is 29.9 Å². The molecule has 1 aromatic carbocycles. The number of nitrogens with one attached hydrogen (secondary N) is 1. The van der Waals surface area contributed by atoms with Crippen LogP contribution in [0.25, 0.3) is 11.1 Å². The molecule has 1 saturated heterocycles. The highest BCUT2D eigenvalue weighted by atomic mass is 15.3. The van der Waals surface area contributed by atoms with E-state index in [1.807, 2.05) is 12.3 Å². The summed E-state index contributed by atoms with van der Waals surface area (Å²) in [5.41, 5.74) is 3.78. The van der Waals surface area contributed by atoms with Gasteiger partial charge in [-0.1, -0.05) is 30.3 Å². The molecule has 1 aromatic heterocycles. The molecule has 0 aliphatic carbocycles. The quantitative estimate of drug-likeness (QED) is 0.876. The molecular formula is C15H19N3. The first-order chi connectivity index (χ1) is 8.86. The molecule has 0 saturated carbocycles. The predicted octanol–water partition coefficient (Wildman–Crippen LogP) is 2.78. The van der Waals surface area contributed by atoms with Gasteiger partial charge in [0.1, 0.15) is 0 Å². The average molecular weight is 241 g/mol. The molecule has 3 rings (SSSR count). The van der Waals surface area contributed by atoms with Gasteiger partial charge >= 0.3 is 0 Å². The molecule has 1 fully saturated rings. The Morgan fingerprint density at radius 3 is 2.83 bits per heavy atom. The average Bonchev–Trinajstić information content (AvgIpc) is 2.83. The third-order valence-corrected chi connectivity index (χ3v) is 3.75. The summed E-state index contributed by atoms with van der Waals surface area (Å²) >= 11 is 0. The summed E-state index contributed by atoms with van der Waals surface area (Å²) in [6.45, 7) is 4.35. The lowest BCUT2D eigenvalue weighted by Gasteiger charge is -2.24. The Labute approximate surface area is 108 Å². The molecule has 3 heteroatoms. The number of benzene rings is 1. The van der Waals surface area contributed by atoms with E-state index in [2.05, 4.69) is 46.3 Å². The molecule has 0 spiro atoms. The van der Waals surface area contributed by atoms with Crippen molar-refractivity contribution >= 4 is 0 Å². The molecule has 1 N–H and O–H groups in total. The lowest BCUT2D eigenvalue weighted by molar-refractivity contribution is 0.342. The number of nitrogens with zero attached hydrogens (tertiary/aromatic N) is 2. The Kier molecular flexibility index (Phi) is 3.15. The highest BCUT2D eigenvalue weighted by molar-refractivity contribution is 5.64. The van der Waals surface area contributed by atoms with Crippen molar-refractivity contribution in [3.05, 3.63) is 42.2 Å². The molecule has 1 atom stereocenters. The first kappa shape index (κ1) is 11.5. The molecule has 94 valence electrons. The van der Waals surface area contributed by atoms with Gasteiger partial charge in [-0.15, -0.1) is 0 Å². The van der Waals surface area contributed by atoms with E-state index < -0.39 is 0 Å². The van der Waals surface area contributed by atoms with Crippen LogP contribution in [0.3, 0.4) is 0 Å². The van der Waals surface area contributed by atoms with Crippen molar-refractivity contribution < 1.29 is 0 Å². The Morgan fingerprint density at radius 1 is 1.28 bits per heavy atom. The largest absolute Gasteiger partial charge is 0.315 e. The molecule has 3 nitrogen and oxygen atoms in total. The zero-order valence-corrected chi connectivity index (χ0v) is 10.8. The van der Waals surface area contributed by atoms with Gasteiger partial charge in [-0.2, -0.15) is 5.10 Å². The smallest absolute Gasteiger partial charge is 0.0647 e. The van der Waals surface area contributed by atoms with Crippen molar-refractivity contribution in [3.63, 3.8) is 0 Å². The van der Waals surface area contributed by atoms with Crippen LogP contribution in [0.15, 0.2) is 36.5 Å². The SMILES string of the molecule is Cc1c(-c2ccccc2)cnn1C1CCCNC1. The monoisotopic (exact) mass is 241 g/mol. The van der Waals surface area contributed by atoms with Crippen molar-refractivity contribution in [1.82, 2.24) is 15.1 Å². The van der Waals surface area contributed by atoms with Crippen LogP contribution >= 0.6 is 0 Å². The van der Waals surface area contributed by atoms with Crippen LogP contribution in [0.5, 0.6) is 0 Å². The molecule has 2 aromatic rings. The van der Waals surface area contributed by atoms with E-state index in [0.29, 0.717) is 6.04 Å². The van der Waals surface area contributed by atoms with Crippen molar-refractivity contribution in [2.45, 2.75) is 25.8 Å². The minimum Gasteiger partial charge on any atom is -0.315 e. The van der Waals surface area contributed by atoms with Gasteiger partial charge in [-0.3, -0.25) is 4.68 Å². The molecule has 1 aliphatic heterocycles. The van der Waals surface area contributed by atoms with Gasteiger partial charge in [-0.25, -0.2) is 0 Å². The maximum absolute atomic E-state index is 4.59. The van der Waals surface area contributed by atoms with Gasteiger partial charge in [0, 0.05) is 17.8 Å². The van der Waals surface area contributed by atoms with Crippen LogP contribution in [-0.4, -0.2) is 22.9 Å². The zero-order valence-electron chi connectivity index (χ0n) is 10.8. The van der Waals surface area contributed by atoms with Crippen molar-refractivity contribution in [3.8, 4) is 11.1 Å². The number of aromatic nitrogens is 2. The van der Waals surface area contributed by atoms with Crippen LogP contribution in [0.2, 0.25) is 0 Å². The normalized spacial score (nSPS) is 19.9. The van der Waals surface area contributed by atoms with Crippen LogP contribution in [0.4, 0.5) is 0 Å². The van der Waals surface area contributed by atoms with Gasteiger partial charge in [-0.05, 0) is 31.9 Å². The van der Waals surface area contributed by atoms with Gasteiger partial charge in [0.15, 0.2) is 0 Å². The second-order valence-electron chi connectivity index (χ2n) is 4.95. The molecule has 18 heavy (non-hydrogen) atoms. The summed E-state index contributed by atoms with van der Waals surface area (Å²) in [7, 11) is 0. The van der Waals surface area contributed by atoms with E-state index >= 15 is 0 Å². The number of hydrogen-bond acceptors (Lipinski definition) is 2. The summed E-state index contributed by atoms with van der Waals surface area (Å²) in [6, 6.07) is 11.0. The van der Waals surface area contributed by atoms with Crippen LogP contribution in [0.1, 0.15) is 24.6 Å². The summed E-state index contributed by atoms with van der Waals surface area (Å²) in [5.74, 6) is 0. The van der Waals surface area contributed by atoms with Crippen LogP contribution in [-0.2, 0) is 0 Å². The molecule has 1 unspecified atom stereocenters. The lowest BCUT2D eigenvalue weighted by Crippen LogP contribution is -2.32. The minimum absolute atomic E-state index is 0.510. The molecule has 0 bridgehead atoms. The standard InChI is InChI=1S/C15H19N3/c1-12-15(13-6-3-2-4-7-13)11-17-18(12)14-8-5-9-16-10-14/h2-4,6-7,11,14,16H,5,8-10H2,1H3. The van der Waals surface area contributed by atoms with Crippen molar-refractivity contribution in [2.75, 3.05) is 13.1 Å². The first-order valence-electron chi connectivity index (χ1n) is 6.66. The fourth-order valence-electron chi connectivity index (χ4n) is 2.73. The third-order valence-electron chi connectivity index (χ3n) is 3.75. The molecular weight excluding hydrogens is 222 g/mol. The Hall–Kier alpha value is -1.61. The summed E-state index contributed by atoms with van der Waals surface area (Å²) in [4.78, 5) is 0. The second kappa shape index (κ2) is 4.94. The maximum Gasteiger partial charge on any atom is 0.0647 e. The predicted molar refractivity (Wildman–Crippen MR) is 73.5 cm³/mol. The number of piperidine rings is 1. The maximum atomic E-state index is 4.59. The summed E-state index contributed by atoms with van der Waals surface area (Å²) in [5, 5.41) is 8.04. The molecule has 0 radical (unpaired) electrons. The van der Waals surface area contributed by atoms with Crippen molar-refractivity contribution in [2.24, 2.45) is 0 Å². The van der Waals surface area contributed by atoms with Gasteiger partial charge < -0.3 is 5.32 Å². The van der Waals surface area contributed by atoms with Crippen molar-refractivity contribution in [1.29, 1.82) is 0 Å². The van der Waals surface area contributed by atoms with Crippen LogP contribution in [0, 0.1) is 6.92 Å². The number of hydrogen-bond donors (Lipinski definition) is 1. The zero-order chi connectivity index (χ0) is 12.4. The van der Waals surface area contributed by atoms with E-state index in [4.69, 9.17) is 0 Å². The van der Waals surface area contributed by atoms with E-state index in [1.54, 1.807) is 0 Å². The highest BCUT2D eigenvalue weighted by Crippen LogP contribution is 2.26. The van der Waals surface area contributed by atoms with E-state index in [1.165, 1.54) is 29.7 Å². The minimum atomic E-state index is 0.510. The van der Waals surface area contributed by atoms with E-state index in [-0.39, 0.29) is 0 Å². The third kappa shape index (κ3) is 2.06. The Morgan fingerprint density at radius 2 is 2.11 bits per heavy atom. The summed E-state index contributed by atoms with van der Waals surface area (Å²) in [6.07, 6.45) is 4.47. The van der Waals surface area contributed by atoms with Gasteiger partial charge in [0.2, 0.25) is 0 Å². The number of rotatable bonds is 2. The van der Waals surface area contributed by atoms with Gasteiger partial charge in [0.05, 0.1) is 12.2 Å².